The SMILES string of the molecule is COc1ccc(N(CC(=O)Nc2ccc(Oc3ccccc3)cc2)S(=O)(=O)c2cccnc2)cc1. The van der Waals surface area contributed by atoms with Crippen LogP contribution >= 0.6 is 0 Å². The molecule has 0 fully saturated rings. The average molecular weight is 490 g/mol. The Morgan fingerprint density at radius 1 is 0.857 bits per heavy atom. The fourth-order valence-electron chi connectivity index (χ4n) is 3.25. The molecule has 1 heterocycles. The summed E-state index contributed by atoms with van der Waals surface area (Å²) in [5.41, 5.74) is 0.820. The van der Waals surface area contributed by atoms with Crippen molar-refractivity contribution in [1.82, 2.24) is 4.98 Å². The van der Waals surface area contributed by atoms with Gasteiger partial charge in [-0.3, -0.25) is 14.1 Å². The lowest BCUT2D eigenvalue weighted by molar-refractivity contribution is -0.114. The minimum atomic E-state index is -4.05. The molecule has 4 rings (SSSR count). The van der Waals surface area contributed by atoms with Crippen molar-refractivity contribution in [1.29, 1.82) is 0 Å². The molecule has 0 saturated carbocycles. The predicted molar refractivity (Wildman–Crippen MR) is 133 cm³/mol. The second-order valence-electron chi connectivity index (χ2n) is 7.39. The van der Waals surface area contributed by atoms with Gasteiger partial charge in [0, 0.05) is 18.1 Å². The number of ether oxygens (including phenoxy) is 2. The van der Waals surface area contributed by atoms with Crippen LogP contribution in [0.5, 0.6) is 17.2 Å². The van der Waals surface area contributed by atoms with Crippen molar-refractivity contribution < 1.29 is 22.7 Å². The summed E-state index contributed by atoms with van der Waals surface area (Å²) >= 11 is 0. The van der Waals surface area contributed by atoms with Gasteiger partial charge in [0.15, 0.2) is 0 Å². The lowest BCUT2D eigenvalue weighted by Crippen LogP contribution is -2.38. The third-order valence-electron chi connectivity index (χ3n) is 4.99. The van der Waals surface area contributed by atoms with Gasteiger partial charge in [-0.25, -0.2) is 8.42 Å². The zero-order valence-electron chi connectivity index (χ0n) is 18.9. The number of nitrogens with one attached hydrogen (secondary N) is 1. The van der Waals surface area contributed by atoms with E-state index in [-0.39, 0.29) is 4.90 Å². The van der Waals surface area contributed by atoms with Crippen molar-refractivity contribution in [2.75, 3.05) is 23.3 Å². The van der Waals surface area contributed by atoms with Gasteiger partial charge in [-0.1, -0.05) is 18.2 Å². The van der Waals surface area contributed by atoms with Crippen molar-refractivity contribution in [3.63, 3.8) is 0 Å². The molecule has 35 heavy (non-hydrogen) atoms. The van der Waals surface area contributed by atoms with Crippen molar-refractivity contribution in [3.8, 4) is 17.2 Å². The van der Waals surface area contributed by atoms with Crippen LogP contribution in [0.2, 0.25) is 0 Å². The Hall–Kier alpha value is -4.37. The Morgan fingerprint density at radius 2 is 1.51 bits per heavy atom. The number of carbonyl (C=O) groups excluding carboxylic acids is 1. The normalized spacial score (nSPS) is 10.9. The molecule has 3 aromatic carbocycles. The Balaban J connectivity index is 1.52. The van der Waals surface area contributed by atoms with Crippen LogP contribution in [0.4, 0.5) is 11.4 Å². The smallest absolute Gasteiger partial charge is 0.266 e. The predicted octanol–water partition coefficient (Wildman–Crippen LogP) is 4.72. The monoisotopic (exact) mass is 489 g/mol. The summed E-state index contributed by atoms with van der Waals surface area (Å²) in [6.45, 7) is -0.439. The van der Waals surface area contributed by atoms with Gasteiger partial charge in [0.05, 0.1) is 12.8 Å². The van der Waals surface area contributed by atoms with E-state index in [1.165, 1.54) is 31.6 Å². The zero-order valence-corrected chi connectivity index (χ0v) is 19.7. The van der Waals surface area contributed by atoms with E-state index in [2.05, 4.69) is 10.3 Å². The summed E-state index contributed by atoms with van der Waals surface area (Å²) < 4.78 is 38.7. The number of carbonyl (C=O) groups is 1. The molecule has 1 amide bonds. The van der Waals surface area contributed by atoms with Gasteiger partial charge in [0.25, 0.3) is 10.0 Å². The minimum Gasteiger partial charge on any atom is -0.497 e. The first-order chi connectivity index (χ1) is 17.0. The third-order valence-corrected chi connectivity index (χ3v) is 6.74. The molecular weight excluding hydrogens is 466 g/mol. The number of anilines is 2. The molecule has 1 aromatic heterocycles. The van der Waals surface area contributed by atoms with Crippen LogP contribution in [0.1, 0.15) is 0 Å². The molecule has 1 N–H and O–H groups in total. The van der Waals surface area contributed by atoms with E-state index < -0.39 is 22.5 Å². The molecule has 178 valence electrons. The lowest BCUT2D eigenvalue weighted by atomic mass is 10.3. The molecule has 0 spiro atoms. The molecule has 4 aromatic rings. The number of methoxy groups -OCH3 is 1. The topological polar surface area (TPSA) is 97.8 Å². The number of para-hydroxylation sites is 1. The average Bonchev–Trinajstić information content (AvgIpc) is 2.89. The fourth-order valence-corrected chi connectivity index (χ4v) is 4.64. The highest BCUT2D eigenvalue weighted by Gasteiger charge is 2.27. The summed E-state index contributed by atoms with van der Waals surface area (Å²) in [5, 5.41) is 2.74. The van der Waals surface area contributed by atoms with Crippen LogP contribution in [0.15, 0.2) is 108 Å². The summed E-state index contributed by atoms with van der Waals surface area (Å²) in [6, 6.07) is 25.5. The van der Waals surface area contributed by atoms with Gasteiger partial charge in [0.1, 0.15) is 28.7 Å². The second-order valence-corrected chi connectivity index (χ2v) is 9.25. The third kappa shape index (κ3) is 5.96. The van der Waals surface area contributed by atoms with Gasteiger partial charge in [-0.15, -0.1) is 0 Å². The molecule has 0 aliphatic rings. The van der Waals surface area contributed by atoms with E-state index in [0.717, 1.165) is 4.31 Å². The number of amides is 1. The van der Waals surface area contributed by atoms with Gasteiger partial charge < -0.3 is 14.8 Å². The zero-order chi connectivity index (χ0) is 24.7. The molecule has 9 heteroatoms. The summed E-state index contributed by atoms with van der Waals surface area (Å²) in [7, 11) is -2.54. The molecule has 8 nitrogen and oxygen atoms in total. The van der Waals surface area contributed by atoms with Crippen LogP contribution in [0.25, 0.3) is 0 Å². The molecule has 0 aliphatic carbocycles. The van der Waals surface area contributed by atoms with E-state index in [1.54, 1.807) is 48.5 Å². The lowest BCUT2D eigenvalue weighted by Gasteiger charge is -2.24. The van der Waals surface area contributed by atoms with Crippen LogP contribution in [-0.2, 0) is 14.8 Å². The molecule has 0 saturated heterocycles. The summed E-state index contributed by atoms with van der Waals surface area (Å²) in [4.78, 5) is 16.8. The maximum atomic E-state index is 13.4. The molecule has 0 radical (unpaired) electrons. The number of hydrogen-bond donors (Lipinski definition) is 1. The molecule has 0 bridgehead atoms. The van der Waals surface area contributed by atoms with Crippen LogP contribution in [0.3, 0.4) is 0 Å². The first kappa shape index (κ1) is 23.8. The van der Waals surface area contributed by atoms with E-state index in [0.29, 0.717) is 28.6 Å². The Morgan fingerprint density at radius 3 is 2.14 bits per heavy atom. The Kier molecular flexibility index (Phi) is 7.27. The van der Waals surface area contributed by atoms with Crippen molar-refractivity contribution in [2.45, 2.75) is 4.90 Å². The second kappa shape index (κ2) is 10.7. The number of sulfonamides is 1. The standard InChI is InChI=1S/C26H23N3O5S/c1-33-22-15-11-21(12-16-22)29(35(31,32)25-8-5-17-27-18-25)19-26(30)28-20-9-13-24(14-10-20)34-23-6-3-2-4-7-23/h2-18H,19H2,1H3,(H,28,30). The summed E-state index contributed by atoms with van der Waals surface area (Å²) in [5.74, 6) is 1.35. The molecular formula is C26H23N3O5S. The number of pyridine rings is 1. The van der Waals surface area contributed by atoms with Gasteiger partial charge >= 0.3 is 0 Å². The Bertz CT molecular complexity index is 1360. The molecule has 0 aliphatic heterocycles. The van der Waals surface area contributed by atoms with Crippen molar-refractivity contribution in [3.05, 3.63) is 103 Å². The van der Waals surface area contributed by atoms with Crippen molar-refractivity contribution >= 4 is 27.3 Å². The maximum absolute atomic E-state index is 13.4. The van der Waals surface area contributed by atoms with Crippen LogP contribution < -0.4 is 19.1 Å². The molecule has 0 atom stereocenters. The van der Waals surface area contributed by atoms with E-state index in [9.17, 15) is 13.2 Å². The highest BCUT2D eigenvalue weighted by Crippen LogP contribution is 2.26. The number of benzene rings is 3. The minimum absolute atomic E-state index is 0.0222. The van der Waals surface area contributed by atoms with E-state index in [4.69, 9.17) is 9.47 Å². The largest absolute Gasteiger partial charge is 0.497 e. The van der Waals surface area contributed by atoms with E-state index >= 15 is 0 Å². The quantitative estimate of drug-likeness (QED) is 0.365. The number of rotatable bonds is 9. The number of nitrogens with zero attached hydrogens (tertiary/aromatic N) is 2. The maximum Gasteiger partial charge on any atom is 0.266 e. The van der Waals surface area contributed by atoms with Crippen molar-refractivity contribution in [2.24, 2.45) is 0 Å². The number of aromatic nitrogens is 1. The number of hydrogen-bond acceptors (Lipinski definition) is 6. The van der Waals surface area contributed by atoms with E-state index in [1.807, 2.05) is 30.3 Å². The first-order valence-electron chi connectivity index (χ1n) is 10.7. The van der Waals surface area contributed by atoms with Gasteiger partial charge in [-0.2, -0.15) is 0 Å². The van der Waals surface area contributed by atoms with Gasteiger partial charge in [-0.05, 0) is 72.8 Å². The highest BCUT2D eigenvalue weighted by molar-refractivity contribution is 7.92. The summed E-state index contributed by atoms with van der Waals surface area (Å²) in [6.07, 6.45) is 2.73. The first-order valence-corrected chi connectivity index (χ1v) is 12.1. The highest BCUT2D eigenvalue weighted by atomic mass is 32.2. The van der Waals surface area contributed by atoms with Gasteiger partial charge in [0.2, 0.25) is 5.91 Å². The van der Waals surface area contributed by atoms with Crippen LogP contribution in [-0.4, -0.2) is 33.0 Å². The molecule has 0 unspecified atom stereocenters. The Labute approximate surface area is 203 Å². The fraction of sp³-hybridized carbons (Fsp3) is 0.0769. The van der Waals surface area contributed by atoms with Crippen LogP contribution in [0, 0.1) is 0 Å².